The maximum Gasteiger partial charge on any atom is 0.288 e. The van der Waals surface area contributed by atoms with Gasteiger partial charge >= 0.3 is 0 Å². The van der Waals surface area contributed by atoms with Crippen LogP contribution in [0.15, 0.2) is 35.2 Å². The van der Waals surface area contributed by atoms with Crippen molar-refractivity contribution in [3.8, 4) is 5.69 Å². The number of halogens is 2. The van der Waals surface area contributed by atoms with Gasteiger partial charge in [0.05, 0.1) is 5.69 Å². The molecule has 0 bridgehead atoms. The fraction of sp³-hybridized carbons (Fsp3) is 0.375. The third kappa shape index (κ3) is 2.72. The van der Waals surface area contributed by atoms with Gasteiger partial charge in [0.15, 0.2) is 0 Å². The monoisotopic (exact) mass is 308 g/mol. The molecule has 112 valence electrons. The van der Waals surface area contributed by atoms with Crippen molar-refractivity contribution in [2.75, 3.05) is 0 Å². The predicted molar refractivity (Wildman–Crippen MR) is 82.2 cm³/mol. The number of nitrogens with zero attached hydrogens (tertiary/aromatic N) is 1. The lowest BCUT2D eigenvalue weighted by Crippen LogP contribution is -2.18. The van der Waals surface area contributed by atoms with Crippen molar-refractivity contribution >= 4 is 11.8 Å². The molecule has 0 radical (unpaired) electrons. The van der Waals surface area contributed by atoms with Crippen LogP contribution in [0.5, 0.6) is 0 Å². The number of benzene rings is 1. The van der Waals surface area contributed by atoms with E-state index in [0.717, 1.165) is 36.2 Å². The van der Waals surface area contributed by atoms with Crippen molar-refractivity contribution in [1.29, 1.82) is 0 Å². The Bertz CT molecular complexity index is 652. The Hall–Kier alpha value is -1.33. The van der Waals surface area contributed by atoms with Gasteiger partial charge in [-0.3, -0.25) is 0 Å². The molecule has 1 heterocycles. The summed E-state index contributed by atoms with van der Waals surface area (Å²) in [6.07, 6.45) is 2.98. The average Bonchev–Trinajstić information content (AvgIpc) is 2.77. The van der Waals surface area contributed by atoms with Gasteiger partial charge in [-0.1, -0.05) is 23.9 Å². The lowest BCUT2D eigenvalue weighted by Gasteiger charge is -2.22. The third-order valence-corrected chi connectivity index (χ3v) is 4.75. The highest BCUT2D eigenvalue weighted by atomic mass is 32.2. The summed E-state index contributed by atoms with van der Waals surface area (Å²) >= 11 is 0.598. The van der Waals surface area contributed by atoms with Crippen LogP contribution in [0.4, 0.5) is 8.78 Å². The van der Waals surface area contributed by atoms with Gasteiger partial charge in [-0.25, -0.2) is 0 Å². The summed E-state index contributed by atoms with van der Waals surface area (Å²) in [7, 11) is 0. The zero-order valence-electron chi connectivity index (χ0n) is 11.9. The molecule has 2 aromatic rings. The summed E-state index contributed by atoms with van der Waals surface area (Å²) in [6, 6.07) is 9.50. The zero-order valence-corrected chi connectivity index (χ0v) is 12.7. The van der Waals surface area contributed by atoms with Gasteiger partial charge in [-0.05, 0) is 49.9 Å². The number of alkyl halides is 2. The second-order valence-electron chi connectivity index (χ2n) is 5.37. The number of fused-ring (bicyclic) bond motifs is 1. The van der Waals surface area contributed by atoms with Crippen molar-refractivity contribution < 1.29 is 8.78 Å². The van der Waals surface area contributed by atoms with Crippen LogP contribution in [0.1, 0.15) is 35.8 Å². The van der Waals surface area contributed by atoms with Crippen molar-refractivity contribution in [2.24, 2.45) is 5.73 Å². The molecule has 1 aromatic heterocycles. The summed E-state index contributed by atoms with van der Waals surface area (Å²) in [5.74, 6) is -2.42. The van der Waals surface area contributed by atoms with Crippen molar-refractivity contribution in [3.05, 3.63) is 47.3 Å². The number of rotatable bonds is 3. The maximum absolute atomic E-state index is 12.8. The van der Waals surface area contributed by atoms with E-state index in [1.807, 2.05) is 19.1 Å². The lowest BCUT2D eigenvalue weighted by molar-refractivity contribution is 0.252. The van der Waals surface area contributed by atoms with Crippen molar-refractivity contribution in [2.45, 2.75) is 42.9 Å². The van der Waals surface area contributed by atoms with Crippen LogP contribution >= 0.6 is 11.8 Å². The van der Waals surface area contributed by atoms with Crippen molar-refractivity contribution in [3.63, 3.8) is 0 Å². The second kappa shape index (κ2) is 5.81. The largest absolute Gasteiger partial charge is 0.324 e. The quantitative estimate of drug-likeness (QED) is 0.850. The molecule has 5 heteroatoms. The molecular weight excluding hydrogens is 290 g/mol. The Morgan fingerprint density at radius 2 is 2.10 bits per heavy atom. The van der Waals surface area contributed by atoms with E-state index in [0.29, 0.717) is 16.7 Å². The van der Waals surface area contributed by atoms with Gasteiger partial charge in [-0.15, -0.1) is 0 Å². The highest BCUT2D eigenvalue weighted by molar-refractivity contribution is 7.99. The Labute approximate surface area is 127 Å². The molecule has 0 saturated carbocycles. The SMILES string of the molecule is Cc1cc2c(n1-c1ccccc1SC(F)F)CCCC2N. The molecule has 0 fully saturated rings. The maximum atomic E-state index is 12.8. The van der Waals surface area contributed by atoms with E-state index in [1.165, 1.54) is 5.69 Å². The molecule has 1 aromatic carbocycles. The number of hydrogen-bond donors (Lipinski definition) is 1. The number of aromatic nitrogens is 1. The number of aryl methyl sites for hydroxylation is 1. The van der Waals surface area contributed by atoms with Gasteiger partial charge in [0, 0.05) is 22.3 Å². The number of hydrogen-bond acceptors (Lipinski definition) is 2. The minimum Gasteiger partial charge on any atom is -0.324 e. The predicted octanol–water partition coefficient (Wildman–Crippen LogP) is 4.44. The Morgan fingerprint density at radius 1 is 1.33 bits per heavy atom. The smallest absolute Gasteiger partial charge is 0.288 e. The molecule has 1 aliphatic rings. The molecule has 1 unspecified atom stereocenters. The van der Waals surface area contributed by atoms with Crippen LogP contribution in [0.3, 0.4) is 0 Å². The standard InChI is InChI=1S/C16H18F2N2S/c1-10-9-11-12(19)5-4-7-13(11)20(10)14-6-2-3-8-15(14)21-16(17)18/h2-3,6,8-9,12,16H,4-5,7,19H2,1H3. The molecular formula is C16H18F2N2S. The minimum absolute atomic E-state index is 0.0589. The molecule has 0 amide bonds. The molecule has 0 spiro atoms. The molecule has 1 aliphatic carbocycles. The van der Waals surface area contributed by atoms with Crippen LogP contribution in [0, 0.1) is 6.92 Å². The Kier molecular flexibility index (Phi) is 4.04. The van der Waals surface area contributed by atoms with Crippen LogP contribution in [-0.2, 0) is 6.42 Å². The molecule has 0 aliphatic heterocycles. The first-order valence-corrected chi connectivity index (χ1v) is 7.97. The van der Waals surface area contributed by atoms with Gasteiger partial charge in [0.2, 0.25) is 0 Å². The van der Waals surface area contributed by atoms with Gasteiger partial charge in [0.25, 0.3) is 5.76 Å². The van der Waals surface area contributed by atoms with Crippen LogP contribution < -0.4 is 5.73 Å². The van der Waals surface area contributed by atoms with Crippen LogP contribution in [0.2, 0.25) is 0 Å². The minimum atomic E-state index is -2.42. The first kappa shape index (κ1) is 14.6. The van der Waals surface area contributed by atoms with Gasteiger partial charge < -0.3 is 10.3 Å². The summed E-state index contributed by atoms with van der Waals surface area (Å²) in [4.78, 5) is 0.605. The van der Waals surface area contributed by atoms with E-state index in [9.17, 15) is 8.78 Å². The summed E-state index contributed by atoms with van der Waals surface area (Å²) in [5, 5.41) is 0. The highest BCUT2D eigenvalue weighted by Gasteiger charge is 2.24. The highest BCUT2D eigenvalue weighted by Crippen LogP contribution is 2.37. The first-order valence-electron chi connectivity index (χ1n) is 7.09. The summed E-state index contributed by atoms with van der Waals surface area (Å²) in [5.41, 5.74) is 10.4. The Morgan fingerprint density at radius 3 is 2.86 bits per heavy atom. The van der Waals surface area contributed by atoms with E-state index in [-0.39, 0.29) is 6.04 Å². The molecule has 0 saturated heterocycles. The van der Waals surface area contributed by atoms with E-state index < -0.39 is 5.76 Å². The number of para-hydroxylation sites is 1. The first-order chi connectivity index (χ1) is 10.1. The summed E-state index contributed by atoms with van der Waals surface area (Å²) in [6.45, 7) is 2.01. The molecule has 1 atom stereocenters. The number of thioether (sulfide) groups is 1. The third-order valence-electron chi connectivity index (χ3n) is 3.97. The van der Waals surface area contributed by atoms with E-state index in [4.69, 9.17) is 5.73 Å². The normalized spacial score (nSPS) is 18.0. The molecule has 21 heavy (non-hydrogen) atoms. The van der Waals surface area contributed by atoms with Gasteiger partial charge in [0.1, 0.15) is 0 Å². The van der Waals surface area contributed by atoms with Crippen LogP contribution in [-0.4, -0.2) is 10.3 Å². The second-order valence-corrected chi connectivity index (χ2v) is 6.40. The topological polar surface area (TPSA) is 30.9 Å². The zero-order chi connectivity index (χ0) is 15.0. The van der Waals surface area contributed by atoms with E-state index in [2.05, 4.69) is 10.6 Å². The summed E-state index contributed by atoms with van der Waals surface area (Å²) < 4.78 is 27.7. The van der Waals surface area contributed by atoms with Crippen LogP contribution in [0.25, 0.3) is 5.69 Å². The van der Waals surface area contributed by atoms with E-state index >= 15 is 0 Å². The van der Waals surface area contributed by atoms with E-state index in [1.54, 1.807) is 12.1 Å². The fourth-order valence-corrected chi connectivity index (χ4v) is 3.74. The molecule has 2 nitrogen and oxygen atoms in total. The average molecular weight is 308 g/mol. The van der Waals surface area contributed by atoms with Gasteiger partial charge in [-0.2, -0.15) is 8.78 Å². The number of nitrogens with two attached hydrogens (primary N) is 1. The molecule has 3 rings (SSSR count). The lowest BCUT2D eigenvalue weighted by atomic mass is 9.93. The molecule has 2 N–H and O–H groups in total. The fourth-order valence-electron chi connectivity index (χ4n) is 3.11. The Balaban J connectivity index is 2.13. The van der Waals surface area contributed by atoms with Crippen molar-refractivity contribution in [1.82, 2.24) is 4.57 Å².